The number of hydrogen-bond acceptors (Lipinski definition) is 3. The third-order valence-electron chi connectivity index (χ3n) is 2.15. The summed E-state index contributed by atoms with van der Waals surface area (Å²) in [5, 5.41) is 0. The maximum Gasteiger partial charge on any atom is 0.522 e. The summed E-state index contributed by atoms with van der Waals surface area (Å²) < 4.78 is 43.7. The molecule has 1 rings (SSSR count). The number of rotatable bonds is 3. The number of ether oxygens (including phenoxy) is 2. The fourth-order valence-corrected chi connectivity index (χ4v) is 1.51. The van der Waals surface area contributed by atoms with Gasteiger partial charge in [0.1, 0.15) is 0 Å². The molecule has 0 bridgehead atoms. The molecular formula is C13H28F3NO2. The Morgan fingerprint density at radius 2 is 1.79 bits per heavy atom. The maximum absolute atomic E-state index is 11.6. The van der Waals surface area contributed by atoms with Crippen molar-refractivity contribution in [1.82, 2.24) is 4.90 Å². The van der Waals surface area contributed by atoms with Crippen LogP contribution in [-0.2, 0) is 9.47 Å². The van der Waals surface area contributed by atoms with Gasteiger partial charge in [-0.05, 0) is 34.2 Å². The Morgan fingerprint density at radius 1 is 1.26 bits per heavy atom. The minimum atomic E-state index is -4.48. The van der Waals surface area contributed by atoms with E-state index in [0.29, 0.717) is 25.6 Å². The first-order valence-electron chi connectivity index (χ1n) is 6.79. The Balaban J connectivity index is 0. The number of likely N-dealkylation sites (tertiary alicyclic amines) is 1. The molecular weight excluding hydrogens is 259 g/mol. The topological polar surface area (TPSA) is 21.7 Å². The molecule has 0 radical (unpaired) electrons. The highest BCUT2D eigenvalue weighted by atomic mass is 19.4. The minimum absolute atomic E-state index is 0.375. The molecule has 1 aliphatic heterocycles. The minimum Gasteiger partial charge on any atom is -0.379 e. The normalized spacial score (nSPS) is 19.6. The maximum atomic E-state index is 11.6. The van der Waals surface area contributed by atoms with Gasteiger partial charge in [0.15, 0.2) is 0 Å². The number of halogens is 3. The lowest BCUT2D eigenvalue weighted by Crippen LogP contribution is -2.26. The van der Waals surface area contributed by atoms with Gasteiger partial charge in [0, 0.05) is 19.7 Å². The summed E-state index contributed by atoms with van der Waals surface area (Å²) >= 11 is 0. The fourth-order valence-electron chi connectivity index (χ4n) is 1.51. The lowest BCUT2D eigenvalue weighted by Gasteiger charge is -2.13. The van der Waals surface area contributed by atoms with E-state index in [-0.39, 0.29) is 0 Å². The average molecular weight is 287 g/mol. The highest BCUT2D eigenvalue weighted by molar-refractivity contribution is 4.73. The summed E-state index contributed by atoms with van der Waals surface area (Å²) in [5.74, 6) is 0. The summed E-state index contributed by atoms with van der Waals surface area (Å²) in [6.45, 7) is 11.9. The van der Waals surface area contributed by atoms with Crippen molar-refractivity contribution >= 4 is 0 Å². The Bertz CT molecular complexity index is 199. The van der Waals surface area contributed by atoms with Gasteiger partial charge in [0.2, 0.25) is 0 Å². The van der Waals surface area contributed by atoms with Gasteiger partial charge in [-0.15, -0.1) is 13.2 Å². The van der Waals surface area contributed by atoms with Gasteiger partial charge >= 0.3 is 6.36 Å². The number of hydrogen-bond donors (Lipinski definition) is 0. The fraction of sp³-hybridized carbons (Fsp3) is 1.00. The zero-order valence-corrected chi connectivity index (χ0v) is 12.9. The summed E-state index contributed by atoms with van der Waals surface area (Å²) in [7, 11) is 1.78. The van der Waals surface area contributed by atoms with E-state index in [1.807, 2.05) is 39.5 Å². The quantitative estimate of drug-likeness (QED) is 0.790. The Hall–Kier alpha value is -0.330. The van der Waals surface area contributed by atoms with Gasteiger partial charge in [-0.1, -0.05) is 13.8 Å². The Labute approximate surface area is 115 Å². The van der Waals surface area contributed by atoms with Crippen LogP contribution in [0.15, 0.2) is 0 Å². The highest BCUT2D eigenvalue weighted by Gasteiger charge is 2.35. The highest BCUT2D eigenvalue weighted by Crippen LogP contribution is 2.22. The van der Waals surface area contributed by atoms with Crippen molar-refractivity contribution in [2.45, 2.75) is 59.6 Å². The molecule has 0 aromatic rings. The SMILES string of the molecule is CC.CCOC(C)C.CN1CCC(OC(F)(F)F)C1. The summed E-state index contributed by atoms with van der Waals surface area (Å²) in [6, 6.07) is 0. The molecule has 1 aliphatic rings. The van der Waals surface area contributed by atoms with Crippen LogP contribution in [0.1, 0.15) is 41.0 Å². The van der Waals surface area contributed by atoms with Crippen LogP contribution in [0.4, 0.5) is 13.2 Å². The summed E-state index contributed by atoms with van der Waals surface area (Å²) in [5.41, 5.74) is 0. The van der Waals surface area contributed by atoms with E-state index >= 15 is 0 Å². The molecule has 0 N–H and O–H groups in total. The molecule has 0 spiro atoms. The summed E-state index contributed by atoms with van der Waals surface area (Å²) in [4.78, 5) is 1.82. The number of nitrogens with zero attached hydrogens (tertiary/aromatic N) is 1. The zero-order chi connectivity index (χ0) is 15.5. The van der Waals surface area contributed by atoms with Crippen molar-refractivity contribution in [2.24, 2.45) is 0 Å². The van der Waals surface area contributed by atoms with Crippen LogP contribution < -0.4 is 0 Å². The van der Waals surface area contributed by atoms with E-state index in [1.165, 1.54) is 0 Å². The van der Waals surface area contributed by atoms with E-state index in [9.17, 15) is 13.2 Å². The second-order valence-electron chi connectivity index (χ2n) is 4.24. The van der Waals surface area contributed by atoms with Crippen molar-refractivity contribution in [3.8, 4) is 0 Å². The van der Waals surface area contributed by atoms with E-state index in [1.54, 1.807) is 7.05 Å². The second kappa shape index (κ2) is 11.5. The van der Waals surface area contributed by atoms with Crippen LogP contribution >= 0.6 is 0 Å². The van der Waals surface area contributed by atoms with Crippen LogP contribution in [0.5, 0.6) is 0 Å². The third-order valence-corrected chi connectivity index (χ3v) is 2.15. The number of alkyl halides is 3. The van der Waals surface area contributed by atoms with Crippen LogP contribution in [0.25, 0.3) is 0 Å². The van der Waals surface area contributed by atoms with Gasteiger partial charge in [-0.2, -0.15) is 0 Å². The largest absolute Gasteiger partial charge is 0.522 e. The van der Waals surface area contributed by atoms with Crippen LogP contribution in [-0.4, -0.2) is 50.2 Å². The van der Waals surface area contributed by atoms with Crippen molar-refractivity contribution in [2.75, 3.05) is 26.7 Å². The van der Waals surface area contributed by atoms with E-state index < -0.39 is 12.5 Å². The molecule has 1 unspecified atom stereocenters. The first-order chi connectivity index (χ1) is 8.74. The second-order valence-corrected chi connectivity index (χ2v) is 4.24. The predicted molar refractivity (Wildman–Crippen MR) is 71.2 cm³/mol. The molecule has 19 heavy (non-hydrogen) atoms. The predicted octanol–water partition coefficient (Wildman–Crippen LogP) is 3.68. The number of likely N-dealkylation sites (N-methyl/N-ethyl adjacent to an activating group) is 1. The smallest absolute Gasteiger partial charge is 0.379 e. The molecule has 1 heterocycles. The molecule has 0 aromatic carbocycles. The average Bonchev–Trinajstić information content (AvgIpc) is 2.65. The Morgan fingerprint density at radius 3 is 2.00 bits per heavy atom. The molecule has 0 aliphatic carbocycles. The van der Waals surface area contributed by atoms with E-state index in [2.05, 4.69) is 4.74 Å². The van der Waals surface area contributed by atoms with Gasteiger partial charge < -0.3 is 9.64 Å². The molecule has 118 valence electrons. The third kappa shape index (κ3) is 15.6. The lowest BCUT2D eigenvalue weighted by molar-refractivity contribution is -0.340. The van der Waals surface area contributed by atoms with E-state index in [0.717, 1.165) is 6.61 Å². The standard InChI is InChI=1S/C6H10F3NO.C5H12O.C2H6/c1-10-3-2-5(4-10)11-6(7,8)9;1-4-6-5(2)3;1-2/h5H,2-4H2,1H3;5H,4H2,1-3H3;1-2H3. The molecule has 3 nitrogen and oxygen atoms in total. The van der Waals surface area contributed by atoms with E-state index in [4.69, 9.17) is 4.74 Å². The van der Waals surface area contributed by atoms with Crippen molar-refractivity contribution < 1.29 is 22.6 Å². The molecule has 1 saturated heterocycles. The van der Waals surface area contributed by atoms with Gasteiger partial charge in [0.25, 0.3) is 0 Å². The molecule has 0 aromatic heterocycles. The van der Waals surface area contributed by atoms with Crippen LogP contribution in [0.2, 0.25) is 0 Å². The monoisotopic (exact) mass is 287 g/mol. The van der Waals surface area contributed by atoms with Crippen molar-refractivity contribution in [3.05, 3.63) is 0 Å². The first kappa shape index (κ1) is 21.0. The molecule has 6 heteroatoms. The molecule has 0 amide bonds. The van der Waals surface area contributed by atoms with Gasteiger partial charge in [-0.25, -0.2) is 0 Å². The Kier molecular flexibility index (Phi) is 12.7. The van der Waals surface area contributed by atoms with Crippen LogP contribution in [0.3, 0.4) is 0 Å². The van der Waals surface area contributed by atoms with Crippen molar-refractivity contribution in [3.63, 3.8) is 0 Å². The first-order valence-corrected chi connectivity index (χ1v) is 6.79. The lowest BCUT2D eigenvalue weighted by atomic mass is 10.3. The zero-order valence-electron chi connectivity index (χ0n) is 12.9. The molecule has 0 saturated carbocycles. The van der Waals surface area contributed by atoms with Crippen LogP contribution in [0, 0.1) is 0 Å². The molecule has 1 fully saturated rings. The summed E-state index contributed by atoms with van der Waals surface area (Å²) in [6.07, 6.45) is -4.28. The van der Waals surface area contributed by atoms with Gasteiger partial charge in [0.05, 0.1) is 12.2 Å². The molecule has 1 atom stereocenters. The van der Waals surface area contributed by atoms with Crippen molar-refractivity contribution in [1.29, 1.82) is 0 Å². The van der Waals surface area contributed by atoms with Gasteiger partial charge in [-0.3, -0.25) is 4.74 Å².